The molecule has 0 bridgehead atoms. The molecule has 7 nitrogen and oxygen atoms in total. The molecule has 1 heterocycles. The molecule has 0 aromatic heterocycles. The number of benzene rings is 1. The number of carbonyl (C=O) groups is 3. The van der Waals surface area contributed by atoms with Crippen molar-refractivity contribution >= 4 is 29.1 Å². The number of Topliss-reactive ketones (excluding diaryl/α,β-unsaturated/α-hetero) is 2. The maximum atomic E-state index is 13.2. The third-order valence-electron chi connectivity index (χ3n) is 6.41. The summed E-state index contributed by atoms with van der Waals surface area (Å²) in [5.74, 6) is -1.15. The van der Waals surface area contributed by atoms with Crippen LogP contribution in [0.2, 0.25) is 5.02 Å². The zero-order valence-electron chi connectivity index (χ0n) is 18.9. The van der Waals surface area contributed by atoms with E-state index in [-0.39, 0.29) is 18.1 Å². The van der Waals surface area contributed by atoms with Crippen LogP contribution in [0.25, 0.3) is 0 Å². The summed E-state index contributed by atoms with van der Waals surface area (Å²) in [7, 11) is 1.52. The molecule has 0 atom stereocenters. The number of aliphatic carboxylic acids is 1. The highest BCUT2D eigenvalue weighted by atomic mass is 35.5. The number of ketones is 2. The molecule has 0 saturated carbocycles. The second-order valence-corrected chi connectivity index (χ2v) is 8.96. The van der Waals surface area contributed by atoms with Gasteiger partial charge in [0.25, 0.3) is 0 Å². The molecular weight excluding hydrogens is 446 g/mol. The standard InChI is InChI=1S/C25H28ClNO6/c1-3-10-33-25-15(26)11-14(12-20(25)32-2)22-23-16(6-4-8-18(23)28)27(13-21(30)31)17-7-5-9-19(29)24(17)22/h11-12,22H,3-10,13H2,1-2H3,(H,30,31)/p-1. The minimum absolute atomic E-state index is 0.0732. The van der Waals surface area contributed by atoms with E-state index in [9.17, 15) is 19.5 Å². The van der Waals surface area contributed by atoms with E-state index >= 15 is 0 Å². The van der Waals surface area contributed by atoms with E-state index in [1.807, 2.05) is 6.92 Å². The van der Waals surface area contributed by atoms with Crippen LogP contribution in [0.3, 0.4) is 0 Å². The number of nitrogens with zero attached hydrogens (tertiary/aromatic N) is 1. The Morgan fingerprint density at radius 3 is 2.21 bits per heavy atom. The number of allylic oxidation sites excluding steroid dienone is 4. The van der Waals surface area contributed by atoms with Gasteiger partial charge in [-0.05, 0) is 49.8 Å². The summed E-state index contributed by atoms with van der Waals surface area (Å²) >= 11 is 6.59. The average Bonchev–Trinajstić information content (AvgIpc) is 2.78. The highest BCUT2D eigenvalue weighted by Crippen LogP contribution is 2.51. The van der Waals surface area contributed by atoms with Crippen molar-refractivity contribution < 1.29 is 29.0 Å². The lowest BCUT2D eigenvalue weighted by Crippen LogP contribution is -2.44. The smallest absolute Gasteiger partial charge is 0.179 e. The Hall–Kier alpha value is -2.80. The van der Waals surface area contributed by atoms with Crippen molar-refractivity contribution in [3.8, 4) is 11.5 Å². The SMILES string of the molecule is CCCOc1c(Cl)cc(C2C3=C(CCCC3=O)N(CC(=O)[O-])C3=C2C(=O)CCC3)cc1OC. The number of carboxylic acids is 1. The van der Waals surface area contributed by atoms with Crippen LogP contribution in [0.1, 0.15) is 63.4 Å². The fourth-order valence-corrected chi connectivity index (χ4v) is 5.39. The molecular formula is C25H27ClNO6-. The first-order valence-electron chi connectivity index (χ1n) is 11.4. The van der Waals surface area contributed by atoms with Gasteiger partial charge in [-0.15, -0.1) is 0 Å². The Labute approximate surface area is 198 Å². The zero-order chi connectivity index (χ0) is 23.7. The van der Waals surface area contributed by atoms with E-state index in [2.05, 4.69) is 0 Å². The normalized spacial score (nSPS) is 18.9. The molecule has 0 spiro atoms. The van der Waals surface area contributed by atoms with Crippen molar-refractivity contribution in [3.63, 3.8) is 0 Å². The molecule has 0 unspecified atom stereocenters. The van der Waals surface area contributed by atoms with E-state index in [1.165, 1.54) is 7.11 Å². The summed E-state index contributed by atoms with van der Waals surface area (Å²) < 4.78 is 11.3. The summed E-state index contributed by atoms with van der Waals surface area (Å²) in [5, 5.41) is 11.9. The minimum atomic E-state index is -1.25. The maximum Gasteiger partial charge on any atom is 0.179 e. The summed E-state index contributed by atoms with van der Waals surface area (Å²) in [5.41, 5.74) is 2.98. The first kappa shape index (κ1) is 23.4. The van der Waals surface area contributed by atoms with Gasteiger partial charge in [0.2, 0.25) is 0 Å². The van der Waals surface area contributed by atoms with Crippen LogP contribution in [0, 0.1) is 0 Å². The van der Waals surface area contributed by atoms with E-state index in [1.54, 1.807) is 17.0 Å². The second-order valence-electron chi connectivity index (χ2n) is 8.55. The van der Waals surface area contributed by atoms with E-state index in [0.29, 0.717) is 89.8 Å². The number of rotatable bonds is 7. The Morgan fingerprint density at radius 2 is 1.70 bits per heavy atom. The van der Waals surface area contributed by atoms with Gasteiger partial charge in [-0.1, -0.05) is 18.5 Å². The molecule has 4 rings (SSSR count). The molecule has 0 radical (unpaired) electrons. The highest BCUT2D eigenvalue weighted by molar-refractivity contribution is 6.32. The number of halogens is 1. The number of hydrogen-bond donors (Lipinski definition) is 0. The van der Waals surface area contributed by atoms with Crippen molar-refractivity contribution in [2.75, 3.05) is 20.3 Å². The predicted molar refractivity (Wildman–Crippen MR) is 120 cm³/mol. The Bertz CT molecular complexity index is 1030. The molecule has 33 heavy (non-hydrogen) atoms. The molecule has 0 N–H and O–H groups in total. The number of ether oxygens (including phenoxy) is 2. The zero-order valence-corrected chi connectivity index (χ0v) is 19.6. The van der Waals surface area contributed by atoms with Gasteiger partial charge in [-0.2, -0.15) is 0 Å². The van der Waals surface area contributed by atoms with Crippen LogP contribution >= 0.6 is 11.6 Å². The fourth-order valence-electron chi connectivity index (χ4n) is 5.12. The predicted octanol–water partition coefficient (Wildman–Crippen LogP) is 3.30. The van der Waals surface area contributed by atoms with E-state index < -0.39 is 11.9 Å². The van der Waals surface area contributed by atoms with Gasteiger partial charge < -0.3 is 24.3 Å². The summed E-state index contributed by atoms with van der Waals surface area (Å²) in [4.78, 5) is 39.6. The maximum absolute atomic E-state index is 13.2. The molecule has 3 aliphatic rings. The van der Waals surface area contributed by atoms with E-state index in [0.717, 1.165) is 6.42 Å². The Kier molecular flexibility index (Phi) is 6.79. The molecule has 1 aromatic carbocycles. The second kappa shape index (κ2) is 9.59. The van der Waals surface area contributed by atoms with Crippen LogP contribution in [-0.4, -0.2) is 42.7 Å². The van der Waals surface area contributed by atoms with Crippen molar-refractivity contribution in [2.45, 2.75) is 57.8 Å². The first-order chi connectivity index (χ1) is 15.9. The van der Waals surface area contributed by atoms with Crippen molar-refractivity contribution in [2.24, 2.45) is 0 Å². The average molecular weight is 473 g/mol. The van der Waals surface area contributed by atoms with Gasteiger partial charge >= 0.3 is 0 Å². The van der Waals surface area contributed by atoms with Crippen LogP contribution in [-0.2, 0) is 14.4 Å². The monoisotopic (exact) mass is 472 g/mol. The van der Waals surface area contributed by atoms with Crippen molar-refractivity contribution in [3.05, 3.63) is 45.3 Å². The third-order valence-corrected chi connectivity index (χ3v) is 6.69. The fraction of sp³-hybridized carbons (Fsp3) is 0.480. The van der Waals surface area contributed by atoms with Gasteiger partial charge in [-0.3, -0.25) is 9.59 Å². The van der Waals surface area contributed by atoms with E-state index in [4.69, 9.17) is 21.1 Å². The number of carboxylic acid groups (broad SMARTS) is 1. The molecule has 2 aliphatic carbocycles. The molecule has 0 saturated heterocycles. The topological polar surface area (TPSA) is 96.0 Å². The van der Waals surface area contributed by atoms with Crippen LogP contribution in [0.15, 0.2) is 34.7 Å². The number of methoxy groups -OCH3 is 1. The minimum Gasteiger partial charge on any atom is -0.548 e. The lowest BCUT2D eigenvalue weighted by molar-refractivity contribution is -0.305. The molecule has 1 aromatic rings. The lowest BCUT2D eigenvalue weighted by Gasteiger charge is -2.44. The number of hydrogen-bond acceptors (Lipinski definition) is 7. The van der Waals surface area contributed by atoms with Gasteiger partial charge in [0.1, 0.15) is 0 Å². The van der Waals surface area contributed by atoms with Crippen LogP contribution in [0.4, 0.5) is 0 Å². The van der Waals surface area contributed by atoms with Crippen molar-refractivity contribution in [1.29, 1.82) is 0 Å². The van der Waals surface area contributed by atoms with Gasteiger partial charge in [0.15, 0.2) is 23.1 Å². The molecule has 0 amide bonds. The Morgan fingerprint density at radius 1 is 1.09 bits per heavy atom. The van der Waals surface area contributed by atoms with Gasteiger partial charge in [0.05, 0.1) is 31.3 Å². The molecule has 0 fully saturated rings. The van der Waals surface area contributed by atoms with Crippen LogP contribution in [0.5, 0.6) is 11.5 Å². The largest absolute Gasteiger partial charge is 0.548 e. The van der Waals surface area contributed by atoms with Gasteiger partial charge in [0, 0.05) is 41.3 Å². The summed E-state index contributed by atoms with van der Waals surface area (Å²) in [6, 6.07) is 3.50. The molecule has 8 heteroatoms. The molecule has 1 aliphatic heterocycles. The summed E-state index contributed by atoms with van der Waals surface area (Å²) in [6.07, 6.45) is 3.92. The number of carbonyl (C=O) groups excluding carboxylic acids is 3. The molecule has 176 valence electrons. The lowest BCUT2D eigenvalue weighted by atomic mass is 9.71. The van der Waals surface area contributed by atoms with Crippen molar-refractivity contribution in [1.82, 2.24) is 4.90 Å². The third kappa shape index (κ3) is 4.26. The quantitative estimate of drug-likeness (QED) is 0.600. The summed E-state index contributed by atoms with van der Waals surface area (Å²) in [6.45, 7) is 2.08. The van der Waals surface area contributed by atoms with Gasteiger partial charge in [-0.25, -0.2) is 0 Å². The first-order valence-corrected chi connectivity index (χ1v) is 11.7. The Balaban J connectivity index is 1.93. The highest BCUT2D eigenvalue weighted by Gasteiger charge is 2.43. The van der Waals surface area contributed by atoms with Crippen LogP contribution < -0.4 is 14.6 Å².